The largest absolute Gasteiger partial charge is 0.478 e. The first-order valence-corrected chi connectivity index (χ1v) is 9.64. The lowest BCUT2D eigenvalue weighted by Gasteiger charge is -2.29. The fourth-order valence-electron chi connectivity index (χ4n) is 1.61. The molecule has 0 rings (SSSR count). The van der Waals surface area contributed by atoms with Gasteiger partial charge >= 0.3 is 18.1 Å². The zero-order valence-electron chi connectivity index (χ0n) is 11.7. The van der Waals surface area contributed by atoms with Crippen molar-refractivity contribution in [1.82, 2.24) is 0 Å². The molecule has 0 radical (unpaired) electrons. The third-order valence-corrected chi connectivity index (χ3v) is 5.72. The molecule has 116 valence electrons. The van der Waals surface area contributed by atoms with Gasteiger partial charge < -0.3 is 9.84 Å². The van der Waals surface area contributed by atoms with E-state index in [2.05, 4.69) is 0 Å². The number of hydrogen-bond donors (Lipinski definition) is 1. The second kappa shape index (κ2) is 7.46. The van der Waals surface area contributed by atoms with Crippen LogP contribution in [0.3, 0.4) is 0 Å². The predicted octanol–water partition coefficient (Wildman–Crippen LogP) is 3.22. The molecule has 0 aliphatic carbocycles. The molecule has 0 saturated heterocycles. The zero-order valence-corrected chi connectivity index (χ0v) is 12.7. The summed E-state index contributed by atoms with van der Waals surface area (Å²) in [6.07, 6.45) is -3.64. The van der Waals surface area contributed by atoms with Crippen molar-refractivity contribution >= 4 is 20.0 Å². The molecule has 8 heteroatoms. The van der Waals surface area contributed by atoms with Crippen molar-refractivity contribution in [3.8, 4) is 0 Å². The summed E-state index contributed by atoms with van der Waals surface area (Å²) >= 11 is 0. The van der Waals surface area contributed by atoms with E-state index >= 15 is 0 Å². The monoisotopic (exact) mass is 312 g/mol. The molecule has 0 aromatic heterocycles. The number of halogens is 3. The summed E-state index contributed by atoms with van der Waals surface area (Å²) in [5.41, 5.74) is -0.543. The van der Waals surface area contributed by atoms with Crippen molar-refractivity contribution in [3.05, 3.63) is 12.2 Å². The molecule has 0 aromatic carbocycles. The maximum Gasteiger partial charge on any atom is 0.389 e. The first kappa shape index (κ1) is 18.7. The van der Waals surface area contributed by atoms with Crippen molar-refractivity contribution in [2.24, 2.45) is 0 Å². The normalized spacial score (nSPS) is 14.3. The molecule has 20 heavy (non-hydrogen) atoms. The average molecular weight is 312 g/mol. The summed E-state index contributed by atoms with van der Waals surface area (Å²) in [5, 5.41) is 8.30. The number of carbonyl (C=O) groups is 2. The van der Waals surface area contributed by atoms with E-state index in [0.717, 1.165) is 6.08 Å². The number of esters is 1. The van der Waals surface area contributed by atoms with Crippen LogP contribution in [-0.4, -0.2) is 37.9 Å². The molecule has 0 fully saturated rings. The lowest BCUT2D eigenvalue weighted by atomic mass is 10.2. The molecule has 0 heterocycles. The second-order valence-electron chi connectivity index (χ2n) is 5.51. The van der Waals surface area contributed by atoms with E-state index in [0.29, 0.717) is 6.08 Å². The van der Waals surface area contributed by atoms with Gasteiger partial charge in [0.05, 0.1) is 6.61 Å². The molecule has 0 amide bonds. The van der Waals surface area contributed by atoms with Crippen molar-refractivity contribution in [2.75, 3.05) is 6.61 Å². The SMILES string of the molecule is C[Si](C)(C)C(CCOC(=O)/C=C/C(=O)O)CC(F)(F)F. The smallest absolute Gasteiger partial charge is 0.389 e. The molecule has 0 aromatic rings. The highest BCUT2D eigenvalue weighted by Crippen LogP contribution is 2.37. The molecule has 0 saturated carbocycles. The van der Waals surface area contributed by atoms with Crippen LogP contribution in [0, 0.1) is 0 Å². The number of ether oxygens (including phenoxy) is 1. The van der Waals surface area contributed by atoms with Gasteiger partial charge in [-0.1, -0.05) is 19.6 Å². The molecule has 0 bridgehead atoms. The summed E-state index contributed by atoms with van der Waals surface area (Å²) in [5.74, 6) is -2.16. The molecular formula is C12H19F3O4Si. The minimum Gasteiger partial charge on any atom is -0.478 e. The molecule has 1 atom stereocenters. The van der Waals surface area contributed by atoms with E-state index in [1.807, 2.05) is 19.6 Å². The van der Waals surface area contributed by atoms with Crippen LogP contribution in [0.2, 0.25) is 25.2 Å². The summed E-state index contributed by atoms with van der Waals surface area (Å²) in [4.78, 5) is 21.2. The number of carbonyl (C=O) groups excluding carboxylic acids is 1. The third-order valence-electron chi connectivity index (χ3n) is 2.78. The number of alkyl halides is 3. The van der Waals surface area contributed by atoms with Crippen LogP contribution in [0.4, 0.5) is 13.2 Å². The number of hydrogen-bond acceptors (Lipinski definition) is 3. The van der Waals surface area contributed by atoms with Gasteiger partial charge in [-0.05, 0) is 12.0 Å². The summed E-state index contributed by atoms with van der Waals surface area (Å²) in [6, 6.07) is 0. The maximum atomic E-state index is 12.5. The molecule has 0 aliphatic heterocycles. The van der Waals surface area contributed by atoms with Crippen LogP contribution < -0.4 is 0 Å². The summed E-state index contributed by atoms with van der Waals surface area (Å²) in [6.45, 7) is 5.34. The minimum absolute atomic E-state index is 0.127. The summed E-state index contributed by atoms with van der Waals surface area (Å²) in [7, 11) is -2.03. The lowest BCUT2D eigenvalue weighted by molar-refractivity contribution is -0.140. The molecular weight excluding hydrogens is 293 g/mol. The van der Waals surface area contributed by atoms with Crippen LogP contribution in [0.25, 0.3) is 0 Å². The Bertz CT molecular complexity index is 372. The molecule has 1 N–H and O–H groups in total. The van der Waals surface area contributed by atoms with E-state index in [1.165, 1.54) is 0 Å². The van der Waals surface area contributed by atoms with Crippen LogP contribution >= 0.6 is 0 Å². The van der Waals surface area contributed by atoms with Gasteiger partial charge in [0, 0.05) is 26.6 Å². The number of carboxylic acids is 1. The van der Waals surface area contributed by atoms with Crippen molar-refractivity contribution in [3.63, 3.8) is 0 Å². The average Bonchev–Trinajstić information content (AvgIpc) is 2.22. The van der Waals surface area contributed by atoms with E-state index in [9.17, 15) is 22.8 Å². The molecule has 0 aliphatic rings. The molecule has 4 nitrogen and oxygen atoms in total. The van der Waals surface area contributed by atoms with Gasteiger partial charge in [0.25, 0.3) is 0 Å². The van der Waals surface area contributed by atoms with E-state index in [4.69, 9.17) is 9.84 Å². The first-order valence-electron chi connectivity index (χ1n) is 6.06. The zero-order chi connectivity index (χ0) is 16.0. The quantitative estimate of drug-likeness (QED) is 0.445. The number of aliphatic carboxylic acids is 1. The second-order valence-corrected chi connectivity index (χ2v) is 11.1. The van der Waals surface area contributed by atoms with E-state index in [-0.39, 0.29) is 13.0 Å². The topological polar surface area (TPSA) is 63.6 Å². The molecule has 1 unspecified atom stereocenters. The Morgan fingerprint density at radius 1 is 1.25 bits per heavy atom. The van der Waals surface area contributed by atoms with Gasteiger partial charge in [0.1, 0.15) is 0 Å². The minimum atomic E-state index is -4.24. The molecule has 0 spiro atoms. The van der Waals surface area contributed by atoms with Crippen LogP contribution in [0.5, 0.6) is 0 Å². The third kappa shape index (κ3) is 9.60. The van der Waals surface area contributed by atoms with Gasteiger partial charge in [-0.25, -0.2) is 9.59 Å². The number of carboxylic acid groups (broad SMARTS) is 1. The summed E-state index contributed by atoms with van der Waals surface area (Å²) < 4.78 is 42.1. The van der Waals surface area contributed by atoms with Gasteiger partial charge in [0.15, 0.2) is 0 Å². The van der Waals surface area contributed by atoms with Crippen molar-refractivity contribution in [1.29, 1.82) is 0 Å². The Hall–Kier alpha value is -1.31. The Balaban J connectivity index is 4.35. The van der Waals surface area contributed by atoms with Crippen LogP contribution in [0.1, 0.15) is 12.8 Å². The van der Waals surface area contributed by atoms with Gasteiger partial charge in [-0.2, -0.15) is 13.2 Å². The van der Waals surface area contributed by atoms with Gasteiger partial charge in [-0.15, -0.1) is 0 Å². The van der Waals surface area contributed by atoms with Crippen LogP contribution in [0.15, 0.2) is 12.2 Å². The van der Waals surface area contributed by atoms with E-state index in [1.54, 1.807) is 0 Å². The van der Waals surface area contributed by atoms with Gasteiger partial charge in [-0.3, -0.25) is 0 Å². The standard InChI is InChI=1S/C12H19F3O4Si/c1-20(2,3)9(8-12(13,14)15)6-7-19-11(18)5-4-10(16)17/h4-5,9H,6-8H2,1-3H3,(H,16,17)/b5-4+. The highest BCUT2D eigenvalue weighted by molar-refractivity contribution is 6.77. The number of rotatable bonds is 7. The Morgan fingerprint density at radius 3 is 2.20 bits per heavy atom. The van der Waals surface area contributed by atoms with Crippen LogP contribution in [-0.2, 0) is 14.3 Å². The van der Waals surface area contributed by atoms with E-state index < -0.39 is 38.2 Å². The lowest BCUT2D eigenvalue weighted by Crippen LogP contribution is -2.32. The van der Waals surface area contributed by atoms with Crippen molar-refractivity contribution in [2.45, 2.75) is 44.2 Å². The first-order chi connectivity index (χ1) is 8.92. The fraction of sp³-hybridized carbons (Fsp3) is 0.667. The maximum absolute atomic E-state index is 12.5. The van der Waals surface area contributed by atoms with Gasteiger partial charge in [0.2, 0.25) is 0 Å². The highest BCUT2D eigenvalue weighted by atomic mass is 28.3. The predicted molar refractivity (Wildman–Crippen MR) is 70.1 cm³/mol. The Kier molecular flexibility index (Phi) is 6.97. The Labute approximate surface area is 116 Å². The highest BCUT2D eigenvalue weighted by Gasteiger charge is 2.38. The van der Waals surface area contributed by atoms with Crippen molar-refractivity contribution < 1.29 is 32.6 Å². The fourth-order valence-corrected chi connectivity index (χ4v) is 3.44. The Morgan fingerprint density at radius 2 is 1.80 bits per heavy atom.